The maximum absolute atomic E-state index is 14.2. The highest BCUT2D eigenvalue weighted by Crippen LogP contribution is 2.27. The Morgan fingerprint density at radius 1 is 0.929 bits per heavy atom. The second-order valence-corrected chi connectivity index (χ2v) is 12.1. The van der Waals surface area contributed by atoms with E-state index in [0.717, 1.165) is 15.4 Å². The molecule has 0 radical (unpaired) electrons. The van der Waals surface area contributed by atoms with E-state index in [4.69, 9.17) is 9.47 Å². The smallest absolute Gasteiger partial charge is 0.264 e. The molecule has 0 aliphatic rings. The van der Waals surface area contributed by atoms with Gasteiger partial charge in [0, 0.05) is 12.6 Å². The SMILES string of the molecule is CCOc1ccc(N(CC(=O)N(Cc2cccc(OC)c2)[C@@H](CC)C(=O)NC(C)C)S(=O)(=O)c2ccc(C)cc2)cc1. The van der Waals surface area contributed by atoms with Crippen LogP contribution < -0.4 is 19.1 Å². The van der Waals surface area contributed by atoms with E-state index in [1.165, 1.54) is 17.0 Å². The van der Waals surface area contributed by atoms with E-state index in [9.17, 15) is 18.0 Å². The normalized spacial score (nSPS) is 12.0. The monoisotopic (exact) mass is 595 g/mol. The Labute approximate surface area is 249 Å². The van der Waals surface area contributed by atoms with Gasteiger partial charge < -0.3 is 19.7 Å². The minimum Gasteiger partial charge on any atom is -0.497 e. The first-order valence-corrected chi connectivity index (χ1v) is 15.5. The van der Waals surface area contributed by atoms with E-state index in [1.807, 2.05) is 40.7 Å². The van der Waals surface area contributed by atoms with Crippen LogP contribution in [0, 0.1) is 6.92 Å². The zero-order valence-electron chi connectivity index (χ0n) is 25.2. The van der Waals surface area contributed by atoms with Crippen molar-refractivity contribution in [2.75, 3.05) is 24.6 Å². The summed E-state index contributed by atoms with van der Waals surface area (Å²) in [6, 6.07) is 19.3. The van der Waals surface area contributed by atoms with Gasteiger partial charge in [0.1, 0.15) is 24.1 Å². The predicted octanol–water partition coefficient (Wildman–Crippen LogP) is 4.93. The van der Waals surface area contributed by atoms with Crippen molar-refractivity contribution < 1.29 is 27.5 Å². The van der Waals surface area contributed by atoms with Gasteiger partial charge in [-0.15, -0.1) is 0 Å². The number of aryl methyl sites for hydroxylation is 1. The van der Waals surface area contributed by atoms with Gasteiger partial charge in [-0.3, -0.25) is 13.9 Å². The van der Waals surface area contributed by atoms with E-state index < -0.39 is 28.5 Å². The molecule has 3 rings (SSSR count). The number of carbonyl (C=O) groups excluding carboxylic acids is 2. The lowest BCUT2D eigenvalue weighted by molar-refractivity contribution is -0.140. The Balaban J connectivity index is 2.07. The third-order valence-corrected chi connectivity index (χ3v) is 8.42. The molecule has 42 heavy (non-hydrogen) atoms. The molecule has 0 saturated heterocycles. The second kappa shape index (κ2) is 14.7. The first-order chi connectivity index (χ1) is 20.0. The van der Waals surface area contributed by atoms with Crippen molar-refractivity contribution in [2.24, 2.45) is 0 Å². The van der Waals surface area contributed by atoms with Gasteiger partial charge in [0.2, 0.25) is 11.8 Å². The fraction of sp³-hybridized carbons (Fsp3) is 0.375. The number of hydrogen-bond donors (Lipinski definition) is 1. The summed E-state index contributed by atoms with van der Waals surface area (Å²) >= 11 is 0. The summed E-state index contributed by atoms with van der Waals surface area (Å²) in [7, 11) is -2.60. The van der Waals surface area contributed by atoms with Crippen LogP contribution in [0.4, 0.5) is 5.69 Å². The fourth-order valence-electron chi connectivity index (χ4n) is 4.51. The van der Waals surface area contributed by atoms with Crippen LogP contribution in [0.5, 0.6) is 11.5 Å². The highest BCUT2D eigenvalue weighted by atomic mass is 32.2. The zero-order valence-corrected chi connectivity index (χ0v) is 26.0. The van der Waals surface area contributed by atoms with Crippen molar-refractivity contribution in [3.8, 4) is 11.5 Å². The molecule has 0 spiro atoms. The van der Waals surface area contributed by atoms with Crippen LogP contribution in [0.2, 0.25) is 0 Å². The number of ether oxygens (including phenoxy) is 2. The average Bonchev–Trinajstić information content (AvgIpc) is 2.96. The molecule has 226 valence electrons. The van der Waals surface area contributed by atoms with Crippen LogP contribution in [-0.2, 0) is 26.2 Å². The molecule has 2 amide bonds. The molecule has 9 nitrogen and oxygen atoms in total. The fourth-order valence-corrected chi connectivity index (χ4v) is 5.92. The van der Waals surface area contributed by atoms with Crippen molar-refractivity contribution >= 4 is 27.5 Å². The van der Waals surface area contributed by atoms with Crippen molar-refractivity contribution in [1.29, 1.82) is 0 Å². The van der Waals surface area contributed by atoms with Gasteiger partial charge in [-0.25, -0.2) is 8.42 Å². The number of nitrogens with one attached hydrogen (secondary N) is 1. The number of nitrogens with zero attached hydrogens (tertiary/aromatic N) is 2. The minimum atomic E-state index is -4.16. The first kappa shape index (κ1) is 32.5. The van der Waals surface area contributed by atoms with Gasteiger partial charge in [-0.2, -0.15) is 0 Å². The van der Waals surface area contributed by atoms with E-state index in [0.29, 0.717) is 30.2 Å². The zero-order chi connectivity index (χ0) is 30.9. The topological polar surface area (TPSA) is 105 Å². The third kappa shape index (κ3) is 8.25. The van der Waals surface area contributed by atoms with Crippen LogP contribution in [0.15, 0.2) is 77.7 Å². The molecular weight excluding hydrogens is 554 g/mol. The van der Waals surface area contributed by atoms with Gasteiger partial charge >= 0.3 is 0 Å². The Bertz CT molecular complexity index is 1440. The van der Waals surface area contributed by atoms with Crippen LogP contribution in [-0.4, -0.2) is 57.5 Å². The van der Waals surface area contributed by atoms with Crippen molar-refractivity contribution in [3.05, 3.63) is 83.9 Å². The summed E-state index contributed by atoms with van der Waals surface area (Å²) in [4.78, 5) is 28.9. The predicted molar refractivity (Wildman–Crippen MR) is 164 cm³/mol. The standard InChI is InChI=1S/C32H41N3O6S/c1-7-30(32(37)33-23(3)4)34(21-25-10-9-11-28(20-25)40-6)31(36)22-35(26-14-16-27(17-15-26)41-8-2)42(38,39)29-18-12-24(5)13-19-29/h9-20,23,30H,7-8,21-22H2,1-6H3,(H,33,37)/t30-/m0/s1. The molecule has 0 bridgehead atoms. The van der Waals surface area contributed by atoms with E-state index in [1.54, 1.807) is 61.7 Å². The summed E-state index contributed by atoms with van der Waals surface area (Å²) in [5, 5.41) is 2.90. The van der Waals surface area contributed by atoms with Crippen molar-refractivity contribution in [2.45, 2.75) is 64.6 Å². The molecule has 0 heterocycles. The number of rotatable bonds is 14. The Kier molecular flexibility index (Phi) is 11.4. The molecule has 0 saturated carbocycles. The molecule has 3 aromatic carbocycles. The van der Waals surface area contributed by atoms with Gasteiger partial charge in [-0.1, -0.05) is 36.8 Å². The van der Waals surface area contributed by atoms with Crippen LogP contribution in [0.3, 0.4) is 0 Å². The molecule has 0 unspecified atom stereocenters. The van der Waals surface area contributed by atoms with E-state index in [-0.39, 0.29) is 23.4 Å². The molecule has 1 N–H and O–H groups in total. The lowest BCUT2D eigenvalue weighted by atomic mass is 10.1. The molecule has 3 aromatic rings. The number of hydrogen-bond acceptors (Lipinski definition) is 6. The summed E-state index contributed by atoms with van der Waals surface area (Å²) in [6.45, 7) is 9.27. The van der Waals surface area contributed by atoms with Crippen LogP contribution in [0.1, 0.15) is 45.2 Å². The van der Waals surface area contributed by atoms with E-state index in [2.05, 4.69) is 5.32 Å². The Morgan fingerprint density at radius 2 is 1.60 bits per heavy atom. The van der Waals surface area contributed by atoms with Gasteiger partial charge in [0.05, 0.1) is 24.3 Å². The summed E-state index contributed by atoms with van der Waals surface area (Å²) in [6.07, 6.45) is 0.335. The molecular formula is C32H41N3O6S. The van der Waals surface area contributed by atoms with Crippen LogP contribution in [0.25, 0.3) is 0 Å². The Morgan fingerprint density at radius 3 is 2.17 bits per heavy atom. The molecule has 1 atom stereocenters. The van der Waals surface area contributed by atoms with Crippen molar-refractivity contribution in [3.63, 3.8) is 0 Å². The number of anilines is 1. The largest absolute Gasteiger partial charge is 0.497 e. The number of methoxy groups -OCH3 is 1. The third-order valence-electron chi connectivity index (χ3n) is 6.63. The van der Waals surface area contributed by atoms with Gasteiger partial charge in [0.25, 0.3) is 10.0 Å². The summed E-state index contributed by atoms with van der Waals surface area (Å²) in [5.41, 5.74) is 1.95. The highest BCUT2D eigenvalue weighted by Gasteiger charge is 2.34. The molecule has 0 fully saturated rings. The van der Waals surface area contributed by atoms with Crippen molar-refractivity contribution in [1.82, 2.24) is 10.2 Å². The minimum absolute atomic E-state index is 0.0544. The number of sulfonamides is 1. The first-order valence-electron chi connectivity index (χ1n) is 14.0. The molecule has 0 aromatic heterocycles. The summed E-state index contributed by atoms with van der Waals surface area (Å²) < 4.78 is 40.0. The van der Waals surface area contributed by atoms with Crippen LogP contribution >= 0.6 is 0 Å². The maximum Gasteiger partial charge on any atom is 0.264 e. The average molecular weight is 596 g/mol. The lowest BCUT2D eigenvalue weighted by Gasteiger charge is -2.33. The molecule has 0 aliphatic carbocycles. The number of benzene rings is 3. The van der Waals surface area contributed by atoms with E-state index >= 15 is 0 Å². The number of amides is 2. The quantitative estimate of drug-likeness (QED) is 0.283. The summed E-state index contributed by atoms with van der Waals surface area (Å²) in [5.74, 6) is 0.361. The van der Waals surface area contributed by atoms with Gasteiger partial charge in [-0.05, 0) is 88.2 Å². The molecule has 10 heteroatoms. The number of carbonyl (C=O) groups is 2. The highest BCUT2D eigenvalue weighted by molar-refractivity contribution is 7.92. The second-order valence-electron chi connectivity index (χ2n) is 10.2. The maximum atomic E-state index is 14.2. The lowest BCUT2D eigenvalue weighted by Crippen LogP contribution is -2.53. The Hall–Kier alpha value is -4.05. The molecule has 0 aliphatic heterocycles. The van der Waals surface area contributed by atoms with Gasteiger partial charge in [0.15, 0.2) is 0 Å².